The molecule has 0 aliphatic carbocycles. The van der Waals surface area contributed by atoms with Gasteiger partial charge < -0.3 is 19.6 Å². The van der Waals surface area contributed by atoms with E-state index in [0.29, 0.717) is 12.2 Å². The van der Waals surface area contributed by atoms with Crippen molar-refractivity contribution in [1.29, 1.82) is 0 Å². The third-order valence-corrected chi connectivity index (χ3v) is 3.37. The van der Waals surface area contributed by atoms with E-state index in [2.05, 4.69) is 5.32 Å². The van der Waals surface area contributed by atoms with Gasteiger partial charge in [-0.1, -0.05) is 12.1 Å². The zero-order valence-electron chi connectivity index (χ0n) is 13.1. The van der Waals surface area contributed by atoms with Crippen molar-refractivity contribution in [3.8, 4) is 5.75 Å². The van der Waals surface area contributed by atoms with E-state index in [1.54, 1.807) is 25.1 Å². The Morgan fingerprint density at radius 3 is 2.78 bits per heavy atom. The molecule has 0 saturated carbocycles. The summed E-state index contributed by atoms with van der Waals surface area (Å²) in [6.07, 6.45) is -0.356. The van der Waals surface area contributed by atoms with Gasteiger partial charge in [-0.2, -0.15) is 0 Å². The first-order chi connectivity index (χ1) is 11.0. The number of aryl methyl sites for hydroxylation is 2. The molecule has 0 fully saturated rings. The van der Waals surface area contributed by atoms with Crippen LogP contribution in [0.25, 0.3) is 0 Å². The molecular weight excluding hydrogens is 301 g/mol. The number of furan rings is 1. The van der Waals surface area contributed by atoms with Gasteiger partial charge in [-0.25, -0.2) is 4.39 Å². The highest BCUT2D eigenvalue weighted by Gasteiger charge is 2.14. The number of hydrogen-bond acceptors (Lipinski definition) is 4. The number of carbonyl (C=O) groups is 1. The van der Waals surface area contributed by atoms with E-state index >= 15 is 0 Å². The number of ether oxygens (including phenoxy) is 1. The van der Waals surface area contributed by atoms with E-state index in [4.69, 9.17) is 9.15 Å². The summed E-state index contributed by atoms with van der Waals surface area (Å²) >= 11 is 0. The number of carbonyl (C=O) groups excluding carboxylic acids is 1. The Morgan fingerprint density at radius 1 is 1.39 bits per heavy atom. The van der Waals surface area contributed by atoms with Crippen molar-refractivity contribution in [2.24, 2.45) is 0 Å². The van der Waals surface area contributed by atoms with Crippen molar-refractivity contribution >= 4 is 5.91 Å². The average molecular weight is 321 g/mol. The lowest BCUT2D eigenvalue weighted by molar-refractivity contribution is -0.123. The van der Waals surface area contributed by atoms with Crippen LogP contribution in [-0.4, -0.2) is 24.2 Å². The molecule has 5 nitrogen and oxygen atoms in total. The zero-order chi connectivity index (χ0) is 16.8. The predicted molar refractivity (Wildman–Crippen MR) is 82.7 cm³/mol. The van der Waals surface area contributed by atoms with Gasteiger partial charge in [0.2, 0.25) is 0 Å². The highest BCUT2D eigenvalue weighted by atomic mass is 19.1. The molecule has 124 valence electrons. The topological polar surface area (TPSA) is 71.7 Å². The smallest absolute Gasteiger partial charge is 0.257 e. The van der Waals surface area contributed by atoms with E-state index in [1.165, 1.54) is 12.1 Å². The number of amides is 1. The lowest BCUT2D eigenvalue weighted by atomic mass is 10.1. The normalized spacial score (nSPS) is 12.0. The minimum absolute atomic E-state index is 0.0344. The molecular formula is C17H20FNO4. The van der Waals surface area contributed by atoms with E-state index in [-0.39, 0.29) is 24.8 Å². The molecule has 1 aromatic heterocycles. The van der Waals surface area contributed by atoms with Gasteiger partial charge in [-0.3, -0.25) is 4.79 Å². The Hall–Kier alpha value is -2.34. The highest BCUT2D eigenvalue weighted by molar-refractivity contribution is 5.77. The van der Waals surface area contributed by atoms with Gasteiger partial charge >= 0.3 is 0 Å². The molecule has 1 aromatic carbocycles. The second-order valence-electron chi connectivity index (χ2n) is 5.24. The number of aliphatic hydroxyl groups is 1. The van der Waals surface area contributed by atoms with Gasteiger partial charge in [0.25, 0.3) is 5.91 Å². The Kier molecular flexibility index (Phi) is 5.76. The molecule has 2 aromatic rings. The molecule has 0 bridgehead atoms. The molecule has 1 atom stereocenters. The summed E-state index contributed by atoms with van der Waals surface area (Å²) in [5.41, 5.74) is 0.722. The molecule has 6 heteroatoms. The van der Waals surface area contributed by atoms with Crippen molar-refractivity contribution in [3.63, 3.8) is 0 Å². The molecule has 2 N–H and O–H groups in total. The van der Waals surface area contributed by atoms with Gasteiger partial charge in [0.1, 0.15) is 11.5 Å². The zero-order valence-corrected chi connectivity index (χ0v) is 13.1. The highest BCUT2D eigenvalue weighted by Crippen LogP contribution is 2.23. The molecule has 0 aliphatic rings. The fourth-order valence-corrected chi connectivity index (χ4v) is 2.24. The second-order valence-corrected chi connectivity index (χ2v) is 5.24. The van der Waals surface area contributed by atoms with Crippen LogP contribution in [0.4, 0.5) is 4.39 Å². The Morgan fingerprint density at radius 2 is 2.13 bits per heavy atom. The Bertz CT molecular complexity index is 668. The molecule has 2 rings (SSSR count). The van der Waals surface area contributed by atoms with Crippen molar-refractivity contribution in [1.82, 2.24) is 5.32 Å². The minimum Gasteiger partial charge on any atom is -0.481 e. The summed E-state index contributed by atoms with van der Waals surface area (Å²) in [5, 5.41) is 12.7. The van der Waals surface area contributed by atoms with Gasteiger partial charge in [0.15, 0.2) is 18.2 Å². The van der Waals surface area contributed by atoms with Crippen molar-refractivity contribution in [2.45, 2.75) is 26.4 Å². The summed E-state index contributed by atoms with van der Waals surface area (Å²) in [5.74, 6) is 0.553. The van der Waals surface area contributed by atoms with Gasteiger partial charge in [0.05, 0.1) is 6.10 Å². The molecule has 1 amide bonds. The van der Waals surface area contributed by atoms with Crippen LogP contribution in [-0.2, 0) is 4.79 Å². The SMILES string of the molecule is Cc1cc([C@@H](O)CCNC(=O)COc2ccccc2F)c(C)o1. The van der Waals surface area contributed by atoms with Crippen LogP contribution in [0.1, 0.15) is 29.6 Å². The fraction of sp³-hybridized carbons (Fsp3) is 0.353. The first-order valence-corrected chi connectivity index (χ1v) is 7.36. The van der Waals surface area contributed by atoms with Gasteiger partial charge in [-0.05, 0) is 38.5 Å². The lowest BCUT2D eigenvalue weighted by Crippen LogP contribution is -2.30. The van der Waals surface area contributed by atoms with E-state index < -0.39 is 11.9 Å². The first-order valence-electron chi connectivity index (χ1n) is 7.36. The molecule has 0 aliphatic heterocycles. The third-order valence-electron chi connectivity index (χ3n) is 3.37. The number of hydrogen-bond donors (Lipinski definition) is 2. The Balaban J connectivity index is 1.72. The first kappa shape index (κ1) is 17.0. The van der Waals surface area contributed by atoms with Crippen molar-refractivity contribution in [3.05, 3.63) is 53.2 Å². The van der Waals surface area contributed by atoms with Crippen LogP contribution in [0.15, 0.2) is 34.7 Å². The molecule has 0 radical (unpaired) electrons. The molecule has 23 heavy (non-hydrogen) atoms. The van der Waals surface area contributed by atoms with Crippen molar-refractivity contribution < 1.29 is 23.4 Å². The van der Waals surface area contributed by atoms with Crippen LogP contribution in [0.2, 0.25) is 0 Å². The van der Waals surface area contributed by atoms with Crippen LogP contribution in [0.3, 0.4) is 0 Å². The minimum atomic E-state index is -0.708. The number of para-hydroxylation sites is 1. The fourth-order valence-electron chi connectivity index (χ4n) is 2.24. The standard InChI is InChI=1S/C17H20FNO4/c1-11-9-13(12(2)23-11)15(20)7-8-19-17(21)10-22-16-6-4-3-5-14(16)18/h3-6,9,15,20H,7-8,10H2,1-2H3,(H,19,21)/t15-/m0/s1. The van der Waals surface area contributed by atoms with Crippen LogP contribution in [0, 0.1) is 19.7 Å². The molecule has 0 saturated heterocycles. The lowest BCUT2D eigenvalue weighted by Gasteiger charge is -2.11. The van der Waals surface area contributed by atoms with Crippen molar-refractivity contribution in [2.75, 3.05) is 13.2 Å². The van der Waals surface area contributed by atoms with E-state index in [1.807, 2.05) is 6.92 Å². The summed E-state index contributed by atoms with van der Waals surface area (Å²) < 4.78 is 23.8. The van der Waals surface area contributed by atoms with Crippen LogP contribution < -0.4 is 10.1 Å². The van der Waals surface area contributed by atoms with Crippen LogP contribution >= 0.6 is 0 Å². The number of benzene rings is 1. The quantitative estimate of drug-likeness (QED) is 0.822. The Labute approximate surface area is 134 Å². The van der Waals surface area contributed by atoms with Gasteiger partial charge in [0, 0.05) is 12.1 Å². The van der Waals surface area contributed by atoms with E-state index in [9.17, 15) is 14.3 Å². The average Bonchev–Trinajstić information content (AvgIpc) is 2.85. The number of aliphatic hydroxyl groups excluding tert-OH is 1. The second kappa shape index (κ2) is 7.78. The largest absolute Gasteiger partial charge is 0.481 e. The van der Waals surface area contributed by atoms with Crippen LogP contribution in [0.5, 0.6) is 5.75 Å². The summed E-state index contributed by atoms with van der Waals surface area (Å²) in [7, 11) is 0. The number of rotatable bonds is 7. The summed E-state index contributed by atoms with van der Waals surface area (Å²) in [4.78, 5) is 11.7. The van der Waals surface area contributed by atoms with E-state index in [0.717, 1.165) is 11.3 Å². The number of nitrogens with one attached hydrogen (secondary N) is 1. The number of halogens is 1. The summed E-state index contributed by atoms with van der Waals surface area (Å²) in [6.45, 7) is 3.60. The third kappa shape index (κ3) is 4.82. The maximum absolute atomic E-state index is 13.3. The molecule has 0 spiro atoms. The predicted octanol–water partition coefficient (Wildman–Crippen LogP) is 2.65. The molecule has 0 unspecified atom stereocenters. The van der Waals surface area contributed by atoms with Gasteiger partial charge in [-0.15, -0.1) is 0 Å². The molecule has 1 heterocycles. The monoisotopic (exact) mass is 321 g/mol. The maximum atomic E-state index is 13.3. The maximum Gasteiger partial charge on any atom is 0.257 e. The summed E-state index contributed by atoms with van der Waals surface area (Å²) in [6, 6.07) is 7.67.